The number of amides is 1. The smallest absolute Gasteiger partial charge is 0.245 e. The highest BCUT2D eigenvalue weighted by Crippen LogP contribution is 2.39. The molecule has 8 heteroatoms. The van der Waals surface area contributed by atoms with Gasteiger partial charge in [0, 0.05) is 29.5 Å². The molecule has 2 aromatic heterocycles. The number of nitrogens with zero attached hydrogens (tertiary/aromatic N) is 3. The van der Waals surface area contributed by atoms with Gasteiger partial charge in [-0.15, -0.1) is 11.3 Å². The number of hydrogen-bond acceptors (Lipinski definition) is 5. The van der Waals surface area contributed by atoms with Crippen LogP contribution in [0.3, 0.4) is 0 Å². The van der Waals surface area contributed by atoms with Crippen LogP contribution in [0, 0.1) is 12.8 Å². The van der Waals surface area contributed by atoms with Gasteiger partial charge in [-0.25, -0.2) is 8.42 Å². The number of sulfonamides is 1. The number of benzene rings is 2. The fourth-order valence-corrected chi connectivity index (χ4v) is 7.76. The lowest BCUT2D eigenvalue weighted by Gasteiger charge is -2.38. The van der Waals surface area contributed by atoms with Crippen LogP contribution in [0.25, 0.3) is 10.9 Å². The van der Waals surface area contributed by atoms with Crippen molar-refractivity contribution in [3.8, 4) is 0 Å². The Labute approximate surface area is 222 Å². The molecule has 37 heavy (non-hydrogen) atoms. The van der Waals surface area contributed by atoms with E-state index in [4.69, 9.17) is 0 Å². The molecular formula is C29H31N3O3S2. The molecule has 0 radical (unpaired) electrons. The fourth-order valence-electron chi connectivity index (χ4n) is 5.13. The number of carbonyl (C=O) groups is 1. The zero-order valence-electron chi connectivity index (χ0n) is 21.3. The van der Waals surface area contributed by atoms with E-state index in [2.05, 4.69) is 35.5 Å². The molecule has 1 aliphatic heterocycles. The molecule has 5 rings (SSSR count). The number of para-hydroxylation sites is 1. The molecule has 1 aliphatic rings. The second-order valence-corrected chi connectivity index (χ2v) is 12.8. The van der Waals surface area contributed by atoms with E-state index in [-0.39, 0.29) is 35.9 Å². The van der Waals surface area contributed by atoms with Crippen LogP contribution in [0.2, 0.25) is 0 Å². The molecule has 0 aliphatic carbocycles. The third-order valence-electron chi connectivity index (χ3n) is 6.86. The third-order valence-corrected chi connectivity index (χ3v) is 9.70. The fraction of sp³-hybridized carbons (Fsp3) is 0.310. The Kier molecular flexibility index (Phi) is 7.16. The lowest BCUT2D eigenvalue weighted by Crippen LogP contribution is -2.47. The third kappa shape index (κ3) is 4.93. The number of carbonyl (C=O) groups excluding carboxylic acids is 1. The maximum absolute atomic E-state index is 14.0. The van der Waals surface area contributed by atoms with E-state index in [0.717, 1.165) is 28.5 Å². The average molecular weight is 534 g/mol. The Balaban J connectivity index is 1.52. The van der Waals surface area contributed by atoms with Crippen LogP contribution in [0.1, 0.15) is 41.5 Å². The first-order chi connectivity index (χ1) is 17.8. The summed E-state index contributed by atoms with van der Waals surface area (Å²) in [6.07, 6.45) is 2.36. The molecule has 6 nitrogen and oxygen atoms in total. The highest BCUT2D eigenvalue weighted by molar-refractivity contribution is 7.89. The molecule has 4 aromatic rings. The number of pyridine rings is 1. The van der Waals surface area contributed by atoms with Gasteiger partial charge in [-0.05, 0) is 59.5 Å². The zero-order chi connectivity index (χ0) is 26.2. The Morgan fingerprint density at radius 3 is 2.65 bits per heavy atom. The number of aryl methyl sites for hydroxylation is 1. The van der Waals surface area contributed by atoms with E-state index < -0.39 is 10.0 Å². The largest absolute Gasteiger partial charge is 0.330 e. The topological polar surface area (TPSA) is 70.6 Å². The SMILES string of the molecule is Cc1ccccc1C1c2ccsc2CCN1C(=O)CN(CC(C)C)S(=O)(=O)c1cccc2cccnc12. The molecule has 1 atom stereocenters. The minimum absolute atomic E-state index is 0.0440. The Bertz CT molecular complexity index is 1540. The maximum Gasteiger partial charge on any atom is 0.245 e. The van der Waals surface area contributed by atoms with Crippen LogP contribution in [-0.4, -0.2) is 48.1 Å². The summed E-state index contributed by atoms with van der Waals surface area (Å²) in [5, 5.41) is 2.83. The summed E-state index contributed by atoms with van der Waals surface area (Å²) >= 11 is 1.72. The first-order valence-corrected chi connectivity index (χ1v) is 14.8. The summed E-state index contributed by atoms with van der Waals surface area (Å²) < 4.78 is 29.3. The molecule has 0 spiro atoms. The molecule has 1 amide bonds. The number of fused-ring (bicyclic) bond motifs is 2. The summed E-state index contributed by atoms with van der Waals surface area (Å²) in [6, 6.07) is 18.8. The van der Waals surface area contributed by atoms with Crippen LogP contribution in [0.5, 0.6) is 0 Å². The summed E-state index contributed by atoms with van der Waals surface area (Å²) in [5.41, 5.74) is 3.74. The molecular weight excluding hydrogens is 502 g/mol. The first-order valence-electron chi connectivity index (χ1n) is 12.5. The molecule has 0 saturated heterocycles. The van der Waals surface area contributed by atoms with Gasteiger partial charge in [0.25, 0.3) is 0 Å². The Morgan fingerprint density at radius 1 is 1.08 bits per heavy atom. The van der Waals surface area contributed by atoms with Gasteiger partial charge in [-0.3, -0.25) is 9.78 Å². The van der Waals surface area contributed by atoms with Crippen molar-refractivity contribution in [3.05, 3.63) is 93.8 Å². The Morgan fingerprint density at radius 2 is 1.86 bits per heavy atom. The number of rotatable bonds is 7. The highest BCUT2D eigenvalue weighted by atomic mass is 32.2. The number of thiophene rings is 1. The predicted octanol–water partition coefficient (Wildman–Crippen LogP) is 5.43. The monoisotopic (exact) mass is 533 g/mol. The predicted molar refractivity (Wildman–Crippen MR) is 148 cm³/mol. The van der Waals surface area contributed by atoms with Crippen molar-refractivity contribution >= 4 is 38.2 Å². The molecule has 0 N–H and O–H groups in total. The van der Waals surface area contributed by atoms with Gasteiger partial charge in [0.2, 0.25) is 15.9 Å². The summed E-state index contributed by atoms with van der Waals surface area (Å²) in [6.45, 7) is 6.56. The number of hydrogen-bond donors (Lipinski definition) is 0. The van der Waals surface area contributed by atoms with Crippen molar-refractivity contribution in [2.45, 2.75) is 38.1 Å². The van der Waals surface area contributed by atoms with Gasteiger partial charge < -0.3 is 4.90 Å². The van der Waals surface area contributed by atoms with E-state index in [1.165, 1.54) is 9.18 Å². The van der Waals surface area contributed by atoms with Crippen molar-refractivity contribution in [2.24, 2.45) is 5.92 Å². The summed E-state index contributed by atoms with van der Waals surface area (Å²) in [5.74, 6) is -0.148. The minimum Gasteiger partial charge on any atom is -0.330 e. The van der Waals surface area contributed by atoms with Crippen molar-refractivity contribution in [1.29, 1.82) is 0 Å². The normalized spacial score (nSPS) is 15.9. The van der Waals surface area contributed by atoms with Crippen LogP contribution in [-0.2, 0) is 21.2 Å². The average Bonchev–Trinajstić information content (AvgIpc) is 3.36. The summed E-state index contributed by atoms with van der Waals surface area (Å²) in [7, 11) is -3.97. The van der Waals surface area contributed by atoms with Gasteiger partial charge in [0.15, 0.2) is 0 Å². The lowest BCUT2D eigenvalue weighted by atomic mass is 9.90. The van der Waals surface area contributed by atoms with Crippen molar-refractivity contribution in [3.63, 3.8) is 0 Å². The van der Waals surface area contributed by atoms with Crippen LogP contribution >= 0.6 is 11.3 Å². The van der Waals surface area contributed by atoms with E-state index in [0.29, 0.717) is 12.1 Å². The van der Waals surface area contributed by atoms with Crippen molar-refractivity contribution in [1.82, 2.24) is 14.2 Å². The van der Waals surface area contributed by atoms with Gasteiger partial charge in [0.05, 0.1) is 18.1 Å². The van der Waals surface area contributed by atoms with E-state index in [9.17, 15) is 13.2 Å². The standard InChI is InChI=1S/C29H31N3O3S2/c1-20(2)18-31(37(34,35)26-12-6-9-22-10-7-15-30-28(22)26)19-27(33)32-16-13-25-24(14-17-36-25)29(32)23-11-5-4-8-21(23)3/h4-12,14-15,17,20,29H,13,16,18-19H2,1-3H3. The quantitative estimate of drug-likeness (QED) is 0.318. The molecule has 0 bridgehead atoms. The van der Waals surface area contributed by atoms with Crippen LogP contribution in [0.4, 0.5) is 0 Å². The van der Waals surface area contributed by atoms with Crippen LogP contribution < -0.4 is 0 Å². The van der Waals surface area contributed by atoms with E-state index in [1.54, 1.807) is 35.7 Å². The molecule has 1 unspecified atom stereocenters. The maximum atomic E-state index is 14.0. The van der Waals surface area contributed by atoms with Crippen molar-refractivity contribution in [2.75, 3.05) is 19.6 Å². The highest BCUT2D eigenvalue weighted by Gasteiger charge is 2.36. The van der Waals surface area contributed by atoms with Gasteiger partial charge in [-0.1, -0.05) is 56.3 Å². The molecule has 0 fully saturated rings. The Hall–Kier alpha value is -3.07. The molecule has 3 heterocycles. The lowest BCUT2D eigenvalue weighted by molar-refractivity contribution is -0.133. The molecule has 0 saturated carbocycles. The number of aromatic nitrogens is 1. The van der Waals surface area contributed by atoms with Crippen molar-refractivity contribution < 1.29 is 13.2 Å². The van der Waals surface area contributed by atoms with E-state index in [1.807, 2.05) is 43.0 Å². The first kappa shape index (κ1) is 25.6. The second kappa shape index (κ2) is 10.4. The van der Waals surface area contributed by atoms with Crippen LogP contribution in [0.15, 0.2) is 77.1 Å². The zero-order valence-corrected chi connectivity index (χ0v) is 22.9. The second-order valence-electron chi connectivity index (χ2n) is 9.92. The van der Waals surface area contributed by atoms with E-state index >= 15 is 0 Å². The summed E-state index contributed by atoms with van der Waals surface area (Å²) in [4.78, 5) is 21.6. The minimum atomic E-state index is -3.97. The van der Waals surface area contributed by atoms with Gasteiger partial charge in [0.1, 0.15) is 4.90 Å². The van der Waals surface area contributed by atoms with Gasteiger partial charge >= 0.3 is 0 Å². The molecule has 2 aromatic carbocycles. The molecule has 192 valence electrons. The van der Waals surface area contributed by atoms with Gasteiger partial charge in [-0.2, -0.15) is 4.31 Å².